The minimum Gasteiger partial charge on any atom is -0.497 e. The highest BCUT2D eigenvalue weighted by Crippen LogP contribution is 2.44. The number of carbonyl (C=O) groups is 3. The summed E-state index contributed by atoms with van der Waals surface area (Å²) in [5.41, 5.74) is -0.250. The molecule has 256 valence electrons. The molecular formula is C33H35ClN2O11S. The summed E-state index contributed by atoms with van der Waals surface area (Å²) < 4.78 is 46.8. The number of hydroxylamine groups is 1. The third kappa shape index (κ3) is 10.0. The van der Waals surface area contributed by atoms with Crippen LogP contribution in [0.2, 0.25) is 0 Å². The van der Waals surface area contributed by atoms with Crippen molar-refractivity contribution < 1.29 is 52.1 Å². The van der Waals surface area contributed by atoms with E-state index in [2.05, 4.69) is 16.6 Å². The molecule has 0 bridgehead atoms. The molecular weight excluding hydrogens is 668 g/mol. The second-order valence-corrected chi connectivity index (χ2v) is 12.7. The molecule has 3 aromatic carbocycles. The topological polar surface area (TPSA) is 178 Å². The van der Waals surface area contributed by atoms with Gasteiger partial charge in [0.05, 0.1) is 36.3 Å². The van der Waals surface area contributed by atoms with Crippen LogP contribution < -0.4 is 24.4 Å². The first-order valence-electron chi connectivity index (χ1n) is 14.3. The van der Waals surface area contributed by atoms with Crippen molar-refractivity contribution in [2.24, 2.45) is 5.41 Å². The summed E-state index contributed by atoms with van der Waals surface area (Å²) in [5, 5.41) is 19.3. The van der Waals surface area contributed by atoms with Gasteiger partial charge in [0.25, 0.3) is 5.91 Å². The first-order chi connectivity index (χ1) is 22.9. The maximum Gasteiger partial charge on any atom is 0.409 e. The van der Waals surface area contributed by atoms with E-state index in [4.69, 9.17) is 25.8 Å². The summed E-state index contributed by atoms with van der Waals surface area (Å²) in [6, 6.07) is 18.1. The third-order valence-electron chi connectivity index (χ3n) is 7.52. The fraction of sp³-hybridized carbons (Fsp3) is 0.303. The number of benzene rings is 3. The summed E-state index contributed by atoms with van der Waals surface area (Å²) in [5.74, 6) is 6.04. The Kier molecular flexibility index (Phi) is 13.5. The molecule has 15 heteroatoms. The molecule has 0 aromatic heterocycles. The van der Waals surface area contributed by atoms with Gasteiger partial charge in [-0.2, -0.15) is 0 Å². The Hall–Kier alpha value is -4.97. The van der Waals surface area contributed by atoms with E-state index in [-0.39, 0.29) is 30.9 Å². The Morgan fingerprint density at radius 1 is 0.938 bits per heavy atom. The van der Waals surface area contributed by atoms with E-state index < -0.39 is 44.5 Å². The molecule has 48 heavy (non-hydrogen) atoms. The van der Waals surface area contributed by atoms with Crippen molar-refractivity contribution in [3.63, 3.8) is 0 Å². The number of hydrogen-bond acceptors (Lipinski definition) is 10. The highest BCUT2D eigenvalue weighted by Gasteiger charge is 2.50. The largest absolute Gasteiger partial charge is 0.497 e. The van der Waals surface area contributed by atoms with Crippen LogP contribution in [0, 0.1) is 17.3 Å². The van der Waals surface area contributed by atoms with Gasteiger partial charge in [0.2, 0.25) is 0 Å². The predicted molar refractivity (Wildman–Crippen MR) is 174 cm³/mol. The number of methoxy groups -OCH3 is 2. The molecule has 13 nitrogen and oxygen atoms in total. The van der Waals surface area contributed by atoms with Crippen LogP contribution in [0.5, 0.6) is 23.0 Å². The van der Waals surface area contributed by atoms with Gasteiger partial charge in [0.15, 0.2) is 9.84 Å². The predicted octanol–water partition coefficient (Wildman–Crippen LogP) is 5.31. The zero-order chi connectivity index (χ0) is 35.3. The quantitative estimate of drug-likeness (QED) is 0.108. The normalized spacial score (nSPS) is 16.9. The SMILES string of the molecule is CC#CCOc1ccc(S(=O)(=O)CC2(C(=O)NO)CCN(C(=O)O)C(c3ccc(OC)cc3)C2)cc1.COc1ccc(OC(=O)Cl)cc1. The van der Waals surface area contributed by atoms with E-state index in [9.17, 15) is 33.1 Å². The number of carbonyl (C=O) groups excluding carboxylic acids is 2. The molecule has 0 aliphatic carbocycles. The van der Waals surface area contributed by atoms with E-state index in [1.165, 1.54) is 36.3 Å². The van der Waals surface area contributed by atoms with Crippen molar-refractivity contribution in [1.29, 1.82) is 0 Å². The van der Waals surface area contributed by atoms with Crippen molar-refractivity contribution in [1.82, 2.24) is 10.4 Å². The monoisotopic (exact) mass is 702 g/mol. The van der Waals surface area contributed by atoms with Gasteiger partial charge < -0.3 is 29.0 Å². The maximum atomic E-state index is 13.4. The number of sulfone groups is 1. The van der Waals surface area contributed by atoms with Crippen molar-refractivity contribution >= 4 is 38.9 Å². The van der Waals surface area contributed by atoms with E-state index in [1.807, 2.05) is 0 Å². The number of rotatable bonds is 10. The molecule has 2 amide bonds. The fourth-order valence-corrected chi connectivity index (χ4v) is 6.99. The van der Waals surface area contributed by atoms with Gasteiger partial charge >= 0.3 is 11.5 Å². The molecule has 1 fully saturated rings. The first kappa shape index (κ1) is 37.5. The molecule has 2 unspecified atom stereocenters. The molecule has 0 saturated carbocycles. The number of likely N-dealkylation sites (tertiary alicyclic amines) is 1. The van der Waals surface area contributed by atoms with Crippen LogP contribution in [0.1, 0.15) is 31.4 Å². The molecule has 1 aliphatic rings. The smallest absolute Gasteiger partial charge is 0.409 e. The fourth-order valence-electron chi connectivity index (χ4n) is 5.07. The van der Waals surface area contributed by atoms with Gasteiger partial charge in [-0.25, -0.2) is 23.5 Å². The maximum absolute atomic E-state index is 13.4. The van der Waals surface area contributed by atoms with Gasteiger partial charge in [-0.15, -0.1) is 5.92 Å². The standard InChI is InChI=1S/C25H28N2O8S.C8H7ClO3/c1-3-4-15-35-20-9-11-21(12-10-20)36(32,33)17-25(23(28)26-31)13-14-27(24(29)30)22(16-25)18-5-7-19(34-2)8-6-18;1-11-6-2-4-7(5-3-6)12-8(9)10/h5-12,22,31H,13-17H2,1-2H3,(H,26,28)(H,29,30);2-5H,1H3. The number of carboxylic acid groups (broad SMARTS) is 1. The molecule has 3 N–H and O–H groups in total. The van der Waals surface area contributed by atoms with Gasteiger partial charge in [0, 0.05) is 18.1 Å². The highest BCUT2D eigenvalue weighted by molar-refractivity contribution is 7.91. The number of ether oxygens (including phenoxy) is 4. The lowest BCUT2D eigenvalue weighted by Gasteiger charge is -2.44. The second-order valence-electron chi connectivity index (χ2n) is 10.4. The van der Waals surface area contributed by atoms with Gasteiger partial charge in [-0.1, -0.05) is 18.1 Å². The minimum absolute atomic E-state index is 0.0248. The van der Waals surface area contributed by atoms with Crippen LogP contribution in [-0.2, 0) is 14.6 Å². The average Bonchev–Trinajstić information content (AvgIpc) is 3.08. The molecule has 0 radical (unpaired) electrons. The van der Waals surface area contributed by atoms with Crippen LogP contribution in [0.15, 0.2) is 77.7 Å². The van der Waals surface area contributed by atoms with Crippen LogP contribution >= 0.6 is 11.6 Å². The molecule has 0 spiro atoms. The molecule has 3 aromatic rings. The molecule has 4 rings (SSSR count). The van der Waals surface area contributed by atoms with E-state index in [0.29, 0.717) is 28.6 Å². The minimum atomic E-state index is -4.01. The van der Waals surface area contributed by atoms with Gasteiger partial charge in [0.1, 0.15) is 29.6 Å². The first-order valence-corrected chi connectivity index (χ1v) is 16.4. The molecule has 1 heterocycles. The van der Waals surface area contributed by atoms with Gasteiger partial charge in [-0.3, -0.25) is 10.0 Å². The molecule has 1 saturated heterocycles. The second kappa shape index (κ2) is 17.3. The lowest BCUT2D eigenvalue weighted by Crippen LogP contribution is -2.53. The Morgan fingerprint density at radius 3 is 1.98 bits per heavy atom. The summed E-state index contributed by atoms with van der Waals surface area (Å²) in [6.07, 6.45) is -1.43. The number of halogens is 1. The Morgan fingerprint density at radius 2 is 1.48 bits per heavy atom. The third-order valence-corrected chi connectivity index (χ3v) is 9.52. The number of nitrogens with one attached hydrogen (secondary N) is 1. The van der Waals surface area contributed by atoms with E-state index in [0.717, 1.165) is 0 Å². The lowest BCUT2D eigenvalue weighted by atomic mass is 9.74. The average molecular weight is 703 g/mol. The summed E-state index contributed by atoms with van der Waals surface area (Å²) in [6.45, 7) is 1.74. The summed E-state index contributed by atoms with van der Waals surface area (Å²) in [4.78, 5) is 36.3. The van der Waals surface area contributed by atoms with Crippen molar-refractivity contribution in [2.45, 2.75) is 30.7 Å². The highest BCUT2D eigenvalue weighted by atomic mass is 35.5. The zero-order valence-electron chi connectivity index (χ0n) is 26.3. The zero-order valence-corrected chi connectivity index (χ0v) is 27.9. The van der Waals surface area contributed by atoms with Crippen LogP contribution in [0.25, 0.3) is 0 Å². The Balaban J connectivity index is 0.000000437. The number of amides is 2. The number of piperidine rings is 1. The van der Waals surface area contributed by atoms with E-state index >= 15 is 0 Å². The van der Waals surface area contributed by atoms with Crippen LogP contribution in [0.4, 0.5) is 9.59 Å². The van der Waals surface area contributed by atoms with Crippen LogP contribution in [0.3, 0.4) is 0 Å². The molecule has 1 aliphatic heterocycles. The van der Waals surface area contributed by atoms with Crippen molar-refractivity contribution in [3.8, 4) is 34.8 Å². The van der Waals surface area contributed by atoms with Crippen LogP contribution in [-0.4, -0.2) is 74.2 Å². The Labute approximate surface area is 283 Å². The number of hydrogen-bond donors (Lipinski definition) is 3. The Bertz CT molecular complexity index is 1720. The van der Waals surface area contributed by atoms with E-state index in [1.54, 1.807) is 68.0 Å². The lowest BCUT2D eigenvalue weighted by molar-refractivity contribution is -0.142. The van der Waals surface area contributed by atoms with Crippen molar-refractivity contribution in [3.05, 3.63) is 78.4 Å². The summed E-state index contributed by atoms with van der Waals surface area (Å²) >= 11 is 4.99. The summed E-state index contributed by atoms with van der Waals surface area (Å²) in [7, 11) is -0.954. The van der Waals surface area contributed by atoms with Crippen molar-refractivity contribution in [2.75, 3.05) is 33.1 Å². The molecule has 2 atom stereocenters. The number of nitrogens with zero attached hydrogens (tertiary/aromatic N) is 1. The van der Waals surface area contributed by atoms with Gasteiger partial charge in [-0.05, 0) is 86.0 Å².